The summed E-state index contributed by atoms with van der Waals surface area (Å²) in [5.41, 5.74) is 6.35. The van der Waals surface area contributed by atoms with Gasteiger partial charge in [-0.15, -0.1) is 0 Å². The molecule has 3 nitrogen and oxygen atoms in total. The molecule has 1 aliphatic carbocycles. The van der Waals surface area contributed by atoms with Gasteiger partial charge in [-0.25, -0.2) is 5.43 Å². The van der Waals surface area contributed by atoms with Crippen molar-refractivity contribution in [2.45, 2.75) is 31.9 Å². The Labute approximate surface area is 133 Å². The van der Waals surface area contributed by atoms with Crippen molar-refractivity contribution in [1.29, 1.82) is 0 Å². The van der Waals surface area contributed by atoms with Crippen LogP contribution >= 0.6 is 15.9 Å². The highest BCUT2D eigenvalue weighted by Gasteiger charge is 2.24. The Bertz CT molecular complexity index is 640. The molecule has 1 atom stereocenters. The van der Waals surface area contributed by atoms with Crippen molar-refractivity contribution < 1.29 is 4.74 Å². The first kappa shape index (κ1) is 14.6. The Morgan fingerprint density at radius 3 is 2.76 bits per heavy atom. The number of nitrogens with two attached hydrogens (primary N) is 1. The van der Waals surface area contributed by atoms with Crippen LogP contribution in [0.2, 0.25) is 0 Å². The molecule has 0 amide bonds. The van der Waals surface area contributed by atoms with Crippen LogP contribution in [-0.2, 0) is 0 Å². The summed E-state index contributed by atoms with van der Waals surface area (Å²) in [5.74, 6) is 6.72. The van der Waals surface area contributed by atoms with Gasteiger partial charge in [-0.05, 0) is 49.1 Å². The van der Waals surface area contributed by atoms with Gasteiger partial charge in [0, 0.05) is 4.47 Å². The average Bonchev–Trinajstić information content (AvgIpc) is 3.28. The third kappa shape index (κ3) is 3.46. The maximum Gasteiger partial charge on any atom is 0.120 e. The zero-order valence-corrected chi connectivity index (χ0v) is 13.6. The van der Waals surface area contributed by atoms with Gasteiger partial charge in [0.15, 0.2) is 0 Å². The predicted molar refractivity (Wildman–Crippen MR) is 88.1 cm³/mol. The second-order valence-corrected chi connectivity index (χ2v) is 6.37. The molecule has 0 bridgehead atoms. The molecule has 2 aromatic carbocycles. The van der Waals surface area contributed by atoms with Crippen LogP contribution in [0, 0.1) is 6.92 Å². The number of nitrogens with one attached hydrogen (secondary N) is 1. The Kier molecular flexibility index (Phi) is 4.29. The van der Waals surface area contributed by atoms with E-state index in [1.807, 2.05) is 12.1 Å². The summed E-state index contributed by atoms with van der Waals surface area (Å²) in [4.78, 5) is 0. The van der Waals surface area contributed by atoms with E-state index in [4.69, 9.17) is 10.6 Å². The molecule has 21 heavy (non-hydrogen) atoms. The smallest absolute Gasteiger partial charge is 0.120 e. The SMILES string of the molecule is Cc1ccc(Br)c(C(NN)c2cccc(OC3CC3)c2)c1. The summed E-state index contributed by atoms with van der Waals surface area (Å²) in [7, 11) is 0. The molecule has 0 aliphatic heterocycles. The zero-order valence-electron chi connectivity index (χ0n) is 12.0. The van der Waals surface area contributed by atoms with Gasteiger partial charge in [-0.2, -0.15) is 0 Å². The minimum atomic E-state index is -0.0676. The lowest BCUT2D eigenvalue weighted by Crippen LogP contribution is -2.29. The number of hydrogen-bond acceptors (Lipinski definition) is 3. The van der Waals surface area contributed by atoms with Gasteiger partial charge in [0.1, 0.15) is 5.75 Å². The molecule has 110 valence electrons. The lowest BCUT2D eigenvalue weighted by atomic mass is 9.98. The molecule has 2 aromatic rings. The second kappa shape index (κ2) is 6.18. The van der Waals surface area contributed by atoms with Gasteiger partial charge in [-0.1, -0.05) is 45.8 Å². The normalized spacial score (nSPS) is 15.8. The average molecular weight is 347 g/mol. The standard InChI is InChI=1S/C17H19BrN2O/c1-11-5-8-16(18)15(9-11)17(20-19)12-3-2-4-14(10-12)21-13-6-7-13/h2-5,8-10,13,17,20H,6-7,19H2,1H3. The van der Waals surface area contributed by atoms with Crippen molar-refractivity contribution in [2.75, 3.05) is 0 Å². The third-order valence-corrected chi connectivity index (χ3v) is 4.37. The van der Waals surface area contributed by atoms with E-state index in [2.05, 4.69) is 58.6 Å². The largest absolute Gasteiger partial charge is 0.490 e. The molecule has 1 aliphatic rings. The van der Waals surface area contributed by atoms with Crippen LogP contribution in [0.4, 0.5) is 0 Å². The van der Waals surface area contributed by atoms with Crippen LogP contribution in [0.15, 0.2) is 46.9 Å². The Hall–Kier alpha value is -1.36. The Morgan fingerprint density at radius 2 is 2.05 bits per heavy atom. The molecular weight excluding hydrogens is 328 g/mol. The fourth-order valence-corrected chi connectivity index (χ4v) is 2.87. The van der Waals surface area contributed by atoms with E-state index in [9.17, 15) is 0 Å². The predicted octanol–water partition coefficient (Wildman–Crippen LogP) is 3.85. The number of halogens is 1. The number of benzene rings is 2. The first-order valence-electron chi connectivity index (χ1n) is 7.16. The van der Waals surface area contributed by atoms with E-state index in [1.54, 1.807) is 0 Å². The highest BCUT2D eigenvalue weighted by atomic mass is 79.9. The van der Waals surface area contributed by atoms with Gasteiger partial charge in [0.25, 0.3) is 0 Å². The van der Waals surface area contributed by atoms with E-state index >= 15 is 0 Å². The second-order valence-electron chi connectivity index (χ2n) is 5.51. The molecule has 0 aromatic heterocycles. The Morgan fingerprint density at radius 1 is 1.24 bits per heavy atom. The van der Waals surface area contributed by atoms with E-state index in [0.717, 1.165) is 34.2 Å². The quantitative estimate of drug-likeness (QED) is 0.638. The molecule has 0 radical (unpaired) electrons. The van der Waals surface area contributed by atoms with Crippen LogP contribution in [0.25, 0.3) is 0 Å². The van der Waals surface area contributed by atoms with Crippen LogP contribution < -0.4 is 16.0 Å². The maximum atomic E-state index is 5.87. The number of hydrazine groups is 1. The molecule has 4 heteroatoms. The summed E-state index contributed by atoms with van der Waals surface area (Å²) < 4.78 is 6.92. The van der Waals surface area contributed by atoms with Crippen LogP contribution in [0.5, 0.6) is 5.75 Å². The topological polar surface area (TPSA) is 47.3 Å². The van der Waals surface area contributed by atoms with Gasteiger partial charge in [0.2, 0.25) is 0 Å². The van der Waals surface area contributed by atoms with E-state index in [-0.39, 0.29) is 6.04 Å². The first-order chi connectivity index (χ1) is 10.2. The molecule has 0 saturated heterocycles. The highest BCUT2D eigenvalue weighted by molar-refractivity contribution is 9.10. The molecule has 1 unspecified atom stereocenters. The maximum absolute atomic E-state index is 5.87. The van der Waals surface area contributed by atoms with E-state index in [0.29, 0.717) is 6.10 Å². The van der Waals surface area contributed by atoms with Crippen molar-refractivity contribution in [1.82, 2.24) is 5.43 Å². The highest BCUT2D eigenvalue weighted by Crippen LogP contribution is 2.32. The van der Waals surface area contributed by atoms with Crippen LogP contribution in [0.3, 0.4) is 0 Å². The molecule has 0 spiro atoms. The van der Waals surface area contributed by atoms with Gasteiger partial charge in [-0.3, -0.25) is 5.84 Å². The lowest BCUT2D eigenvalue weighted by Gasteiger charge is -2.20. The summed E-state index contributed by atoms with van der Waals surface area (Å²) in [5, 5.41) is 0. The van der Waals surface area contributed by atoms with Crippen LogP contribution in [0.1, 0.15) is 35.6 Å². The molecule has 0 heterocycles. The summed E-state index contributed by atoms with van der Waals surface area (Å²) in [6, 6.07) is 14.4. The van der Waals surface area contributed by atoms with Gasteiger partial charge in [0.05, 0.1) is 12.1 Å². The number of rotatable bonds is 5. The summed E-state index contributed by atoms with van der Waals surface area (Å²) in [6.45, 7) is 2.08. The van der Waals surface area contributed by atoms with Crippen molar-refractivity contribution >= 4 is 15.9 Å². The molecule has 3 rings (SSSR count). The summed E-state index contributed by atoms with van der Waals surface area (Å²) >= 11 is 3.61. The minimum Gasteiger partial charge on any atom is -0.490 e. The van der Waals surface area contributed by atoms with Gasteiger partial charge < -0.3 is 4.74 Å². The molecule has 1 fully saturated rings. The monoisotopic (exact) mass is 346 g/mol. The first-order valence-corrected chi connectivity index (χ1v) is 7.95. The molecule has 3 N–H and O–H groups in total. The summed E-state index contributed by atoms with van der Waals surface area (Å²) in [6.07, 6.45) is 2.72. The fourth-order valence-electron chi connectivity index (χ4n) is 2.40. The van der Waals surface area contributed by atoms with Crippen molar-refractivity contribution in [2.24, 2.45) is 5.84 Å². The number of hydrogen-bond donors (Lipinski definition) is 2. The van der Waals surface area contributed by atoms with Crippen molar-refractivity contribution in [3.05, 3.63) is 63.6 Å². The van der Waals surface area contributed by atoms with E-state index in [1.165, 1.54) is 5.56 Å². The van der Waals surface area contributed by atoms with Crippen molar-refractivity contribution in [3.63, 3.8) is 0 Å². The van der Waals surface area contributed by atoms with Gasteiger partial charge >= 0.3 is 0 Å². The zero-order chi connectivity index (χ0) is 14.8. The number of ether oxygens (including phenoxy) is 1. The number of aryl methyl sites for hydroxylation is 1. The fraction of sp³-hybridized carbons (Fsp3) is 0.294. The molecule has 1 saturated carbocycles. The minimum absolute atomic E-state index is 0.0676. The van der Waals surface area contributed by atoms with E-state index < -0.39 is 0 Å². The third-order valence-electron chi connectivity index (χ3n) is 3.65. The lowest BCUT2D eigenvalue weighted by molar-refractivity contribution is 0.302. The van der Waals surface area contributed by atoms with Crippen molar-refractivity contribution in [3.8, 4) is 5.75 Å². The molecular formula is C17H19BrN2O. The Balaban J connectivity index is 1.93. The van der Waals surface area contributed by atoms with Crippen LogP contribution in [-0.4, -0.2) is 6.10 Å².